The van der Waals surface area contributed by atoms with Gasteiger partial charge >= 0.3 is 0 Å². The first-order chi connectivity index (χ1) is 17.2. The van der Waals surface area contributed by atoms with E-state index in [1.807, 2.05) is 19.1 Å². The van der Waals surface area contributed by atoms with Crippen LogP contribution in [-0.2, 0) is 16.4 Å². The quantitative estimate of drug-likeness (QED) is 0.236. The zero-order valence-electron chi connectivity index (χ0n) is 19.4. The van der Waals surface area contributed by atoms with Crippen molar-refractivity contribution in [1.29, 1.82) is 0 Å². The first-order valence-electron chi connectivity index (χ1n) is 10.9. The average molecular weight is 553 g/mol. The Kier molecular flexibility index (Phi) is 7.82. The summed E-state index contributed by atoms with van der Waals surface area (Å²) in [4.78, 5) is 2.33. The maximum Gasteiger partial charge on any atom is 0.265 e. The van der Waals surface area contributed by atoms with Crippen LogP contribution >= 0.6 is 23.2 Å². The third kappa shape index (κ3) is 5.33. The van der Waals surface area contributed by atoms with Crippen LogP contribution in [0.15, 0.2) is 59.6 Å². The molecule has 2 N–H and O–H groups in total. The highest BCUT2D eigenvalue weighted by molar-refractivity contribution is 7.92. The average Bonchev–Trinajstić information content (AvgIpc) is 3.25. The SMILES string of the molecule is CCOc1ccc(CCOc2cccc(S(=O)(=O)Nc3ccc(Cl)c4c(Cl)c[nH]c34)c2F)cc1OC. The lowest BCUT2D eigenvalue weighted by molar-refractivity contribution is 0.300. The summed E-state index contributed by atoms with van der Waals surface area (Å²) < 4.78 is 60.1. The molecule has 0 aliphatic carbocycles. The van der Waals surface area contributed by atoms with Gasteiger partial charge in [-0.05, 0) is 48.9 Å². The molecule has 0 atom stereocenters. The van der Waals surface area contributed by atoms with Crippen molar-refractivity contribution in [2.45, 2.75) is 18.2 Å². The summed E-state index contributed by atoms with van der Waals surface area (Å²) in [6.45, 7) is 2.50. The minimum atomic E-state index is -4.30. The summed E-state index contributed by atoms with van der Waals surface area (Å²) in [5.41, 5.74) is 1.45. The predicted octanol–water partition coefficient (Wildman–Crippen LogP) is 6.44. The highest BCUT2D eigenvalue weighted by Gasteiger charge is 2.24. The number of halogens is 3. The van der Waals surface area contributed by atoms with Gasteiger partial charge in [-0.1, -0.05) is 35.3 Å². The predicted molar refractivity (Wildman–Crippen MR) is 139 cm³/mol. The number of nitrogens with one attached hydrogen (secondary N) is 2. The first-order valence-corrected chi connectivity index (χ1v) is 13.2. The van der Waals surface area contributed by atoms with E-state index in [9.17, 15) is 8.42 Å². The first kappa shape index (κ1) is 25.9. The van der Waals surface area contributed by atoms with Gasteiger partial charge < -0.3 is 19.2 Å². The Morgan fingerprint density at radius 2 is 1.81 bits per heavy atom. The molecule has 0 aliphatic heterocycles. The van der Waals surface area contributed by atoms with Gasteiger partial charge in [0.2, 0.25) is 0 Å². The fraction of sp³-hybridized carbons (Fsp3) is 0.200. The molecule has 190 valence electrons. The molecule has 0 aliphatic rings. The third-order valence-corrected chi connectivity index (χ3v) is 7.37. The van der Waals surface area contributed by atoms with Crippen LogP contribution in [0.25, 0.3) is 10.9 Å². The van der Waals surface area contributed by atoms with Crippen LogP contribution in [0.3, 0.4) is 0 Å². The molecular weight excluding hydrogens is 530 g/mol. The minimum Gasteiger partial charge on any atom is -0.493 e. The number of benzene rings is 3. The molecule has 0 saturated carbocycles. The molecule has 7 nitrogen and oxygen atoms in total. The van der Waals surface area contributed by atoms with Crippen molar-refractivity contribution in [2.75, 3.05) is 25.0 Å². The highest BCUT2D eigenvalue weighted by atomic mass is 35.5. The van der Waals surface area contributed by atoms with Crippen molar-refractivity contribution in [2.24, 2.45) is 0 Å². The molecule has 3 aromatic carbocycles. The van der Waals surface area contributed by atoms with E-state index in [4.69, 9.17) is 37.4 Å². The van der Waals surface area contributed by atoms with Gasteiger partial charge in [0.1, 0.15) is 4.90 Å². The van der Waals surface area contributed by atoms with Crippen molar-refractivity contribution in [1.82, 2.24) is 4.98 Å². The normalized spacial score (nSPS) is 11.5. The molecular formula is C25H23Cl2FN2O5S. The number of ether oxygens (including phenoxy) is 3. The molecule has 0 radical (unpaired) electrons. The van der Waals surface area contributed by atoms with E-state index >= 15 is 4.39 Å². The fourth-order valence-corrected chi connectivity index (χ4v) is 5.41. The molecule has 1 heterocycles. The Morgan fingerprint density at radius 3 is 2.56 bits per heavy atom. The molecule has 0 fully saturated rings. The summed E-state index contributed by atoms with van der Waals surface area (Å²) in [6.07, 6.45) is 1.93. The number of aromatic amines is 1. The molecule has 4 aromatic rings. The third-order valence-electron chi connectivity index (χ3n) is 5.37. The standard InChI is InChI=1S/C25H23Cl2FN2O5S/c1-3-34-19-10-7-15(13-21(19)33-2)11-12-35-20-5-4-6-22(24(20)28)36(31,32)30-18-9-8-16(26)23-17(27)14-29-25(18)23/h4-10,13-14,29-30H,3,11-12H2,1-2H3. The number of methoxy groups -OCH3 is 1. The number of rotatable bonds is 10. The summed E-state index contributed by atoms with van der Waals surface area (Å²) in [6, 6.07) is 12.4. The van der Waals surface area contributed by atoms with E-state index < -0.39 is 20.7 Å². The lowest BCUT2D eigenvalue weighted by Gasteiger charge is -2.14. The van der Waals surface area contributed by atoms with Gasteiger partial charge in [-0.15, -0.1) is 0 Å². The molecule has 0 spiro atoms. The number of anilines is 1. The molecule has 0 saturated heterocycles. The Balaban J connectivity index is 1.51. The second-order valence-corrected chi connectivity index (χ2v) is 10.1. The van der Waals surface area contributed by atoms with E-state index in [1.54, 1.807) is 13.2 Å². The zero-order chi connectivity index (χ0) is 25.9. The Bertz CT molecular complexity index is 1510. The van der Waals surface area contributed by atoms with Crippen molar-refractivity contribution in [3.05, 3.63) is 76.2 Å². The molecule has 36 heavy (non-hydrogen) atoms. The largest absolute Gasteiger partial charge is 0.493 e. The number of hydrogen-bond acceptors (Lipinski definition) is 5. The van der Waals surface area contributed by atoms with Gasteiger partial charge in [0.15, 0.2) is 23.1 Å². The van der Waals surface area contributed by atoms with Crippen LogP contribution in [0.5, 0.6) is 17.2 Å². The van der Waals surface area contributed by atoms with Crippen molar-refractivity contribution < 1.29 is 27.0 Å². The van der Waals surface area contributed by atoms with Gasteiger partial charge in [0.25, 0.3) is 10.0 Å². The summed E-state index contributed by atoms with van der Waals surface area (Å²) in [5, 5.41) is 1.15. The molecule has 0 amide bonds. The van der Waals surface area contributed by atoms with Gasteiger partial charge in [-0.2, -0.15) is 0 Å². The Labute approximate surface area is 218 Å². The number of aromatic nitrogens is 1. The van der Waals surface area contributed by atoms with Gasteiger partial charge in [-0.25, -0.2) is 12.8 Å². The van der Waals surface area contributed by atoms with Gasteiger partial charge in [0.05, 0.1) is 41.6 Å². The van der Waals surface area contributed by atoms with Gasteiger partial charge in [0, 0.05) is 18.0 Å². The molecule has 4 rings (SSSR count). The van der Waals surface area contributed by atoms with Crippen LogP contribution in [0, 0.1) is 5.82 Å². The molecule has 0 unspecified atom stereocenters. The fourth-order valence-electron chi connectivity index (χ4n) is 3.68. The van der Waals surface area contributed by atoms with Crippen LogP contribution < -0.4 is 18.9 Å². The van der Waals surface area contributed by atoms with E-state index in [1.165, 1.54) is 30.5 Å². The summed E-state index contributed by atoms with van der Waals surface area (Å²) in [5.74, 6) is 0.0315. The second kappa shape index (κ2) is 10.9. The van der Waals surface area contributed by atoms with Crippen LogP contribution in [0.4, 0.5) is 10.1 Å². The maximum atomic E-state index is 15.2. The number of fused-ring (bicyclic) bond motifs is 1. The lowest BCUT2D eigenvalue weighted by atomic mass is 10.1. The van der Waals surface area contributed by atoms with Crippen molar-refractivity contribution in [3.8, 4) is 17.2 Å². The van der Waals surface area contributed by atoms with E-state index in [0.29, 0.717) is 45.5 Å². The van der Waals surface area contributed by atoms with Crippen molar-refractivity contribution >= 4 is 49.8 Å². The van der Waals surface area contributed by atoms with E-state index in [-0.39, 0.29) is 18.0 Å². The molecule has 0 bridgehead atoms. The number of hydrogen-bond donors (Lipinski definition) is 2. The molecule has 1 aromatic heterocycles. The van der Waals surface area contributed by atoms with Crippen LogP contribution in [0.2, 0.25) is 10.0 Å². The Hall–Kier alpha value is -3.14. The second-order valence-electron chi connectivity index (χ2n) is 7.67. The molecule has 11 heteroatoms. The van der Waals surface area contributed by atoms with Gasteiger partial charge in [-0.3, -0.25) is 4.72 Å². The summed E-state index contributed by atoms with van der Waals surface area (Å²) in [7, 11) is -2.75. The highest BCUT2D eigenvalue weighted by Crippen LogP contribution is 2.36. The lowest BCUT2D eigenvalue weighted by Crippen LogP contribution is -2.15. The monoisotopic (exact) mass is 552 g/mol. The smallest absolute Gasteiger partial charge is 0.265 e. The number of sulfonamides is 1. The van der Waals surface area contributed by atoms with E-state index in [0.717, 1.165) is 11.6 Å². The van der Waals surface area contributed by atoms with Crippen LogP contribution in [0.1, 0.15) is 12.5 Å². The number of H-pyrrole nitrogens is 1. The zero-order valence-corrected chi connectivity index (χ0v) is 21.7. The topological polar surface area (TPSA) is 89.6 Å². The van der Waals surface area contributed by atoms with E-state index in [2.05, 4.69) is 9.71 Å². The minimum absolute atomic E-state index is 0.115. The summed E-state index contributed by atoms with van der Waals surface area (Å²) >= 11 is 12.3. The van der Waals surface area contributed by atoms with Crippen molar-refractivity contribution in [3.63, 3.8) is 0 Å². The maximum absolute atomic E-state index is 15.2. The Morgan fingerprint density at radius 1 is 1.00 bits per heavy atom. The van der Waals surface area contributed by atoms with Crippen LogP contribution in [-0.4, -0.2) is 33.7 Å².